The molecular weight excluding hydrogens is 164 g/mol. The van der Waals surface area contributed by atoms with Crippen molar-refractivity contribution in [1.29, 1.82) is 0 Å². The van der Waals surface area contributed by atoms with Crippen LogP contribution in [-0.4, -0.2) is 5.33 Å². The van der Waals surface area contributed by atoms with E-state index < -0.39 is 0 Å². The van der Waals surface area contributed by atoms with E-state index in [9.17, 15) is 0 Å². The molecule has 0 saturated carbocycles. The monoisotopic (exact) mass is 174 g/mol. The molecule has 0 aromatic heterocycles. The lowest BCUT2D eigenvalue weighted by Crippen LogP contribution is -1.87. The van der Waals surface area contributed by atoms with E-state index in [4.69, 9.17) is 0 Å². The fraction of sp³-hybridized carbons (Fsp3) is 0.571. The summed E-state index contributed by atoms with van der Waals surface area (Å²) in [6.45, 7) is 5.64. The van der Waals surface area contributed by atoms with E-state index in [1.165, 1.54) is 6.42 Å². The lowest BCUT2D eigenvalue weighted by molar-refractivity contribution is 0.709. The van der Waals surface area contributed by atoms with Crippen LogP contribution in [0.15, 0.2) is 18.4 Å². The van der Waals surface area contributed by atoms with Gasteiger partial charge in [0.25, 0.3) is 0 Å². The Morgan fingerprint density at radius 2 is 2.50 bits per heavy atom. The largest absolute Gasteiger partial charge is 0.133 e. The molecule has 8 heavy (non-hydrogen) atoms. The molecule has 0 N–H and O–H groups in total. The molecule has 0 aliphatic heterocycles. The van der Waals surface area contributed by atoms with Gasteiger partial charge >= 0.3 is 0 Å². The van der Waals surface area contributed by atoms with Crippen molar-refractivity contribution in [2.75, 3.05) is 5.33 Å². The van der Waals surface area contributed by atoms with Gasteiger partial charge in [0.1, 0.15) is 0 Å². The molecule has 0 radical (unpaired) electrons. The van der Waals surface area contributed by atoms with Crippen molar-refractivity contribution in [3.8, 4) is 0 Å². The van der Waals surface area contributed by atoms with Gasteiger partial charge in [0.05, 0.1) is 0 Å². The summed E-state index contributed by atoms with van der Waals surface area (Å²) in [4.78, 5) is 0. The Kier molecular flexibility index (Phi) is 5.14. The molecule has 0 spiro atoms. The van der Waals surface area contributed by atoms with Gasteiger partial charge in [-0.3, -0.25) is 0 Å². The van der Waals surface area contributed by atoms with Crippen LogP contribution in [-0.2, 0) is 0 Å². The topological polar surface area (TPSA) is 0 Å². The summed E-state index contributed by atoms with van der Waals surface area (Å²) in [5.74, 6) is 0.617. The lowest BCUT2D eigenvalue weighted by Gasteiger charge is -1.97. The Bertz CT molecular complexity index is 90.6. The fourth-order valence-corrected chi connectivity index (χ4v) is 1.18. The number of hydrogen-bond donors (Lipinski definition) is 0. The maximum absolute atomic E-state index is 3.49. The molecule has 46 valence electrons. The predicted octanol–water partition coefficient (Wildman–Crippen LogP) is 2.75. The SMILES string of the molecule is C=C=CC(C)CCBr. The minimum Gasteiger partial charge on any atom is -0.133 e. The highest BCUT2D eigenvalue weighted by Gasteiger charge is 1.91. The zero-order chi connectivity index (χ0) is 6.41. The Morgan fingerprint density at radius 1 is 1.88 bits per heavy atom. The van der Waals surface area contributed by atoms with E-state index >= 15 is 0 Å². The highest BCUT2D eigenvalue weighted by molar-refractivity contribution is 9.09. The van der Waals surface area contributed by atoms with Crippen LogP contribution in [0.4, 0.5) is 0 Å². The van der Waals surface area contributed by atoms with Crippen molar-refractivity contribution in [3.63, 3.8) is 0 Å². The van der Waals surface area contributed by atoms with Crippen molar-refractivity contribution in [2.45, 2.75) is 13.3 Å². The van der Waals surface area contributed by atoms with Crippen LogP contribution in [0.2, 0.25) is 0 Å². The van der Waals surface area contributed by atoms with Crippen molar-refractivity contribution < 1.29 is 0 Å². The van der Waals surface area contributed by atoms with E-state index in [-0.39, 0.29) is 0 Å². The van der Waals surface area contributed by atoms with Crippen LogP contribution >= 0.6 is 15.9 Å². The fourth-order valence-electron chi connectivity index (χ4n) is 0.457. The lowest BCUT2D eigenvalue weighted by atomic mass is 10.1. The standard InChI is InChI=1S/C7H11Br/c1-3-4-7(2)5-6-8/h4,7H,1,5-6H2,2H3. The molecule has 1 unspecified atom stereocenters. The number of allylic oxidation sites excluding steroid dienone is 1. The van der Waals surface area contributed by atoms with Crippen LogP contribution in [0, 0.1) is 5.92 Å². The van der Waals surface area contributed by atoms with Crippen LogP contribution in [0.1, 0.15) is 13.3 Å². The second kappa shape index (κ2) is 5.14. The molecule has 0 aliphatic rings. The van der Waals surface area contributed by atoms with Crippen molar-refractivity contribution in [2.24, 2.45) is 5.92 Å². The Hall–Kier alpha value is 0. The molecule has 0 bridgehead atoms. The van der Waals surface area contributed by atoms with Crippen molar-refractivity contribution >= 4 is 15.9 Å². The molecule has 0 nitrogen and oxygen atoms in total. The zero-order valence-electron chi connectivity index (χ0n) is 5.15. The highest BCUT2D eigenvalue weighted by atomic mass is 79.9. The van der Waals surface area contributed by atoms with E-state index in [1.54, 1.807) is 0 Å². The second-order valence-corrected chi connectivity index (χ2v) is 2.62. The summed E-state index contributed by atoms with van der Waals surface area (Å²) < 4.78 is 0. The van der Waals surface area contributed by atoms with Gasteiger partial charge in [-0.15, -0.1) is 5.73 Å². The first-order valence-corrected chi connectivity index (χ1v) is 3.85. The molecule has 0 aromatic carbocycles. The maximum Gasteiger partial charge on any atom is 0.00370 e. The Labute approximate surface area is 59.4 Å². The quantitative estimate of drug-likeness (QED) is 0.457. The van der Waals surface area contributed by atoms with E-state index in [0.29, 0.717) is 5.92 Å². The third-order valence-electron chi connectivity index (χ3n) is 0.967. The molecule has 0 saturated heterocycles. The highest BCUT2D eigenvalue weighted by Crippen LogP contribution is 2.03. The minimum atomic E-state index is 0.617. The average Bonchev–Trinajstić information content (AvgIpc) is 1.68. The molecule has 0 rings (SSSR count). The summed E-state index contributed by atoms with van der Waals surface area (Å²) in [5, 5.41) is 1.06. The molecule has 0 heterocycles. The molecule has 1 heteroatoms. The van der Waals surface area contributed by atoms with Gasteiger partial charge in [-0.2, -0.15) is 0 Å². The average molecular weight is 175 g/mol. The molecule has 0 fully saturated rings. The van der Waals surface area contributed by atoms with Gasteiger partial charge in [-0.1, -0.05) is 29.4 Å². The summed E-state index contributed by atoms with van der Waals surface area (Å²) in [6, 6.07) is 0. The summed E-state index contributed by atoms with van der Waals surface area (Å²) in [6.07, 6.45) is 3.16. The van der Waals surface area contributed by atoms with E-state index in [0.717, 1.165) is 5.33 Å². The molecule has 1 atom stereocenters. The van der Waals surface area contributed by atoms with Crippen LogP contribution in [0.3, 0.4) is 0 Å². The summed E-state index contributed by atoms with van der Waals surface area (Å²) >= 11 is 3.35. The van der Waals surface area contributed by atoms with Gasteiger partial charge in [-0.25, -0.2) is 0 Å². The van der Waals surface area contributed by atoms with Crippen LogP contribution < -0.4 is 0 Å². The molecule has 0 aromatic rings. The first-order valence-electron chi connectivity index (χ1n) is 2.73. The third kappa shape index (κ3) is 4.17. The zero-order valence-corrected chi connectivity index (χ0v) is 6.74. The molecule has 0 aliphatic carbocycles. The third-order valence-corrected chi connectivity index (χ3v) is 1.42. The molecular formula is C7H11Br. The predicted molar refractivity (Wildman–Crippen MR) is 41.3 cm³/mol. The van der Waals surface area contributed by atoms with Gasteiger partial charge in [0.2, 0.25) is 0 Å². The first-order chi connectivity index (χ1) is 3.81. The van der Waals surface area contributed by atoms with Gasteiger partial charge < -0.3 is 0 Å². The smallest absolute Gasteiger partial charge is 0.00370 e. The number of hydrogen-bond acceptors (Lipinski definition) is 0. The normalized spacial score (nSPS) is 12.2. The second-order valence-electron chi connectivity index (χ2n) is 1.83. The summed E-state index contributed by atoms with van der Waals surface area (Å²) in [5.41, 5.74) is 2.76. The van der Waals surface area contributed by atoms with Crippen molar-refractivity contribution in [3.05, 3.63) is 18.4 Å². The summed E-state index contributed by atoms with van der Waals surface area (Å²) in [7, 11) is 0. The Balaban J connectivity index is 3.31. The number of halogens is 1. The number of alkyl halides is 1. The minimum absolute atomic E-state index is 0.617. The van der Waals surface area contributed by atoms with Gasteiger partial charge in [-0.05, 0) is 18.4 Å². The van der Waals surface area contributed by atoms with Gasteiger partial charge in [0.15, 0.2) is 0 Å². The van der Waals surface area contributed by atoms with Crippen LogP contribution in [0.5, 0.6) is 0 Å². The molecule has 0 amide bonds. The van der Waals surface area contributed by atoms with E-state index in [1.807, 2.05) is 6.08 Å². The maximum atomic E-state index is 3.49. The Morgan fingerprint density at radius 3 is 2.88 bits per heavy atom. The van der Waals surface area contributed by atoms with Gasteiger partial charge in [0, 0.05) is 5.33 Å². The number of rotatable bonds is 3. The van der Waals surface area contributed by atoms with E-state index in [2.05, 4.69) is 35.2 Å². The van der Waals surface area contributed by atoms with Crippen LogP contribution in [0.25, 0.3) is 0 Å². The first kappa shape index (κ1) is 8.00. The van der Waals surface area contributed by atoms with Crippen molar-refractivity contribution in [1.82, 2.24) is 0 Å².